The molecule has 0 aliphatic heterocycles. The molecule has 2 atom stereocenters. The molecule has 1 aromatic carbocycles. The molecule has 0 bridgehead atoms. The van der Waals surface area contributed by atoms with Crippen LogP contribution in [0.1, 0.15) is 50.9 Å². The zero-order valence-electron chi connectivity index (χ0n) is 17.8. The Morgan fingerprint density at radius 2 is 1.80 bits per heavy atom. The molecule has 0 spiro atoms. The molecule has 2 unspecified atom stereocenters. The van der Waals surface area contributed by atoms with E-state index in [-0.39, 0.29) is 36.3 Å². The fourth-order valence-corrected chi connectivity index (χ4v) is 3.64. The van der Waals surface area contributed by atoms with Crippen molar-refractivity contribution in [3.8, 4) is 0 Å². The van der Waals surface area contributed by atoms with Crippen LogP contribution in [-0.2, 0) is 16.4 Å². The Balaban J connectivity index is 2.36. The fraction of sp³-hybridized carbons (Fsp3) is 0.550. The summed E-state index contributed by atoms with van der Waals surface area (Å²) < 4.78 is 39.9. The van der Waals surface area contributed by atoms with E-state index in [1.165, 1.54) is 6.07 Å². The van der Waals surface area contributed by atoms with Crippen LogP contribution in [0.2, 0.25) is 0 Å². The van der Waals surface area contributed by atoms with Crippen molar-refractivity contribution in [3.63, 3.8) is 0 Å². The predicted octanol–water partition coefficient (Wildman–Crippen LogP) is 2.94. The quantitative estimate of drug-likeness (QED) is 0.493. The molecule has 0 aliphatic carbocycles. The minimum absolute atomic E-state index is 0.116. The van der Waals surface area contributed by atoms with E-state index in [2.05, 4.69) is 25.0 Å². The van der Waals surface area contributed by atoms with Crippen LogP contribution in [-0.4, -0.2) is 47.4 Å². The molecule has 0 fully saturated rings. The number of sulfonamides is 1. The van der Waals surface area contributed by atoms with E-state index in [0.29, 0.717) is 36.6 Å². The normalized spacial score (nSPS) is 13.8. The molecule has 1 heterocycles. The van der Waals surface area contributed by atoms with Gasteiger partial charge in [-0.3, -0.25) is 4.72 Å². The molecule has 0 aliphatic rings. The van der Waals surface area contributed by atoms with Gasteiger partial charge in [0.1, 0.15) is 11.6 Å². The lowest BCUT2D eigenvalue weighted by Crippen LogP contribution is -2.27. The highest BCUT2D eigenvalue weighted by Crippen LogP contribution is 2.26. The first-order valence-electron chi connectivity index (χ1n) is 9.95. The number of hydrogen-bond donors (Lipinski definition) is 3. The SMILES string of the molecule is CCC(Cc1nc(NC(CO)CC(C)C)nc(NS(C)(=O)=O)n1)c1ccccc1F. The van der Waals surface area contributed by atoms with Crippen molar-refractivity contribution < 1.29 is 17.9 Å². The van der Waals surface area contributed by atoms with Crippen LogP contribution < -0.4 is 10.0 Å². The summed E-state index contributed by atoms with van der Waals surface area (Å²) in [7, 11) is -3.60. The van der Waals surface area contributed by atoms with Gasteiger partial charge in [-0.05, 0) is 36.3 Å². The lowest BCUT2D eigenvalue weighted by molar-refractivity contribution is 0.259. The van der Waals surface area contributed by atoms with Gasteiger partial charge in [0, 0.05) is 6.42 Å². The first-order chi connectivity index (χ1) is 14.1. The van der Waals surface area contributed by atoms with E-state index in [1.54, 1.807) is 18.2 Å². The molecule has 2 rings (SSSR count). The van der Waals surface area contributed by atoms with Gasteiger partial charge in [0.05, 0.1) is 18.9 Å². The molecule has 10 heteroatoms. The van der Waals surface area contributed by atoms with E-state index in [4.69, 9.17) is 0 Å². The highest BCUT2D eigenvalue weighted by molar-refractivity contribution is 7.91. The van der Waals surface area contributed by atoms with Crippen LogP contribution in [0, 0.1) is 11.7 Å². The second-order valence-electron chi connectivity index (χ2n) is 7.76. The second kappa shape index (κ2) is 10.6. The number of nitrogens with zero attached hydrogens (tertiary/aromatic N) is 3. The van der Waals surface area contributed by atoms with Gasteiger partial charge in [0.25, 0.3) is 0 Å². The van der Waals surface area contributed by atoms with Gasteiger partial charge in [-0.2, -0.15) is 15.0 Å². The van der Waals surface area contributed by atoms with Gasteiger partial charge in [-0.25, -0.2) is 12.8 Å². The molecule has 2 aromatic rings. The van der Waals surface area contributed by atoms with E-state index >= 15 is 0 Å². The number of aliphatic hydroxyl groups excluding tert-OH is 1. The van der Waals surface area contributed by atoms with Crippen molar-refractivity contribution in [1.82, 2.24) is 15.0 Å². The molecule has 8 nitrogen and oxygen atoms in total. The number of aliphatic hydroxyl groups is 1. The first-order valence-corrected chi connectivity index (χ1v) is 11.8. The third-order valence-electron chi connectivity index (χ3n) is 4.53. The molecular formula is C20H30FN5O3S. The third kappa shape index (κ3) is 7.49. The maximum Gasteiger partial charge on any atom is 0.241 e. The van der Waals surface area contributed by atoms with E-state index in [1.807, 2.05) is 20.8 Å². The van der Waals surface area contributed by atoms with Crippen LogP contribution in [0.5, 0.6) is 0 Å². The molecule has 3 N–H and O–H groups in total. The minimum Gasteiger partial charge on any atom is -0.394 e. The Morgan fingerprint density at radius 3 is 2.37 bits per heavy atom. The van der Waals surface area contributed by atoms with Gasteiger partial charge < -0.3 is 10.4 Å². The van der Waals surface area contributed by atoms with Gasteiger partial charge in [-0.15, -0.1) is 0 Å². The maximum atomic E-state index is 14.3. The largest absolute Gasteiger partial charge is 0.394 e. The number of anilines is 2. The Morgan fingerprint density at radius 1 is 1.13 bits per heavy atom. The highest BCUT2D eigenvalue weighted by Gasteiger charge is 2.19. The average molecular weight is 440 g/mol. The smallest absolute Gasteiger partial charge is 0.241 e. The predicted molar refractivity (Wildman–Crippen MR) is 115 cm³/mol. The van der Waals surface area contributed by atoms with Crippen molar-refractivity contribution in [3.05, 3.63) is 41.5 Å². The number of benzene rings is 1. The second-order valence-corrected chi connectivity index (χ2v) is 9.51. The Hall–Kier alpha value is -2.33. The topological polar surface area (TPSA) is 117 Å². The zero-order valence-corrected chi connectivity index (χ0v) is 18.6. The van der Waals surface area contributed by atoms with Crippen molar-refractivity contribution in [1.29, 1.82) is 0 Å². The number of rotatable bonds is 11. The fourth-order valence-electron chi connectivity index (χ4n) is 3.22. The number of aromatic nitrogens is 3. The van der Waals surface area contributed by atoms with Crippen molar-refractivity contribution in [2.24, 2.45) is 5.92 Å². The first kappa shape index (κ1) is 23.9. The Bertz CT molecular complexity index is 940. The summed E-state index contributed by atoms with van der Waals surface area (Å²) in [4.78, 5) is 12.7. The summed E-state index contributed by atoms with van der Waals surface area (Å²) in [6.07, 6.45) is 2.64. The Kier molecular flexibility index (Phi) is 8.48. The molecule has 30 heavy (non-hydrogen) atoms. The van der Waals surface area contributed by atoms with Gasteiger partial charge in [0.2, 0.25) is 21.9 Å². The molecule has 0 saturated carbocycles. The molecular weight excluding hydrogens is 409 g/mol. The van der Waals surface area contributed by atoms with Crippen molar-refractivity contribution in [2.45, 2.75) is 52.0 Å². The van der Waals surface area contributed by atoms with Crippen molar-refractivity contribution in [2.75, 3.05) is 22.9 Å². The summed E-state index contributed by atoms with van der Waals surface area (Å²) in [6.45, 7) is 5.87. The molecule has 0 amide bonds. The highest BCUT2D eigenvalue weighted by atomic mass is 32.2. The van der Waals surface area contributed by atoms with Crippen LogP contribution in [0.15, 0.2) is 24.3 Å². The average Bonchev–Trinajstić information content (AvgIpc) is 2.64. The third-order valence-corrected chi connectivity index (χ3v) is 5.09. The maximum absolute atomic E-state index is 14.3. The van der Waals surface area contributed by atoms with Crippen molar-refractivity contribution >= 4 is 21.9 Å². The Labute approximate surface area is 177 Å². The summed E-state index contributed by atoms with van der Waals surface area (Å²) >= 11 is 0. The lowest BCUT2D eigenvalue weighted by Gasteiger charge is -2.20. The summed E-state index contributed by atoms with van der Waals surface area (Å²) in [6, 6.07) is 6.25. The lowest BCUT2D eigenvalue weighted by atomic mass is 9.92. The molecule has 0 radical (unpaired) electrons. The van der Waals surface area contributed by atoms with E-state index in [0.717, 1.165) is 6.26 Å². The minimum atomic E-state index is -3.60. The van der Waals surface area contributed by atoms with Crippen LogP contribution in [0.3, 0.4) is 0 Å². The van der Waals surface area contributed by atoms with Gasteiger partial charge >= 0.3 is 0 Å². The van der Waals surface area contributed by atoms with E-state index in [9.17, 15) is 17.9 Å². The molecule has 1 aromatic heterocycles. The van der Waals surface area contributed by atoms with Crippen LogP contribution in [0.25, 0.3) is 0 Å². The summed E-state index contributed by atoms with van der Waals surface area (Å²) in [5, 5.41) is 12.7. The molecule has 166 valence electrons. The van der Waals surface area contributed by atoms with Gasteiger partial charge in [-0.1, -0.05) is 39.0 Å². The van der Waals surface area contributed by atoms with Gasteiger partial charge in [0.15, 0.2) is 0 Å². The number of nitrogens with one attached hydrogen (secondary N) is 2. The van der Waals surface area contributed by atoms with Crippen LogP contribution >= 0.6 is 0 Å². The molecule has 0 saturated heterocycles. The monoisotopic (exact) mass is 439 g/mol. The summed E-state index contributed by atoms with van der Waals surface area (Å²) in [5.74, 6) is 0.217. The standard InChI is InChI=1S/C20H30FN5O3S/c1-5-14(16-8-6-7-9-17(16)21)11-18-23-19(22-15(12-27)10-13(2)3)25-20(24-18)26-30(4,28)29/h6-9,13-15,27H,5,10-12H2,1-4H3,(H2,22,23,24,25,26). The van der Waals surface area contributed by atoms with Crippen LogP contribution in [0.4, 0.5) is 16.3 Å². The summed E-state index contributed by atoms with van der Waals surface area (Å²) in [5.41, 5.74) is 0.556. The zero-order chi connectivity index (χ0) is 22.3. The number of hydrogen-bond acceptors (Lipinski definition) is 7. The van der Waals surface area contributed by atoms with E-state index < -0.39 is 10.0 Å². The number of halogens is 1.